The van der Waals surface area contributed by atoms with Gasteiger partial charge < -0.3 is 4.74 Å². The maximum atomic E-state index is 11.8. The van der Waals surface area contributed by atoms with Crippen molar-refractivity contribution in [3.05, 3.63) is 51.7 Å². The average Bonchev–Trinajstić information content (AvgIpc) is 2.83. The van der Waals surface area contributed by atoms with Crippen LogP contribution in [0.2, 0.25) is 0 Å². The maximum Gasteiger partial charge on any atom is 0.210 e. The molecule has 0 unspecified atom stereocenters. The molecule has 0 bridgehead atoms. The molecule has 2 rings (SSSR count). The molecular formula is C15H14O3S. The van der Waals surface area contributed by atoms with Gasteiger partial charge in [0.25, 0.3) is 0 Å². The van der Waals surface area contributed by atoms with Crippen LogP contribution in [0.15, 0.2) is 36.4 Å². The molecule has 3 nitrogen and oxygen atoms in total. The van der Waals surface area contributed by atoms with Gasteiger partial charge in [-0.15, -0.1) is 11.3 Å². The summed E-state index contributed by atoms with van der Waals surface area (Å²) in [6.45, 7) is 3.49. The van der Waals surface area contributed by atoms with Gasteiger partial charge in [0, 0.05) is 10.4 Å². The van der Waals surface area contributed by atoms with Gasteiger partial charge in [-0.3, -0.25) is 9.59 Å². The van der Waals surface area contributed by atoms with Crippen LogP contribution in [0.25, 0.3) is 0 Å². The van der Waals surface area contributed by atoms with E-state index in [4.69, 9.17) is 4.74 Å². The van der Waals surface area contributed by atoms with Gasteiger partial charge in [-0.05, 0) is 50.2 Å². The summed E-state index contributed by atoms with van der Waals surface area (Å²) in [5.74, 6) is 0.567. The van der Waals surface area contributed by atoms with Crippen molar-refractivity contribution in [3.63, 3.8) is 0 Å². The van der Waals surface area contributed by atoms with Crippen molar-refractivity contribution < 1.29 is 14.3 Å². The van der Waals surface area contributed by atoms with Crippen LogP contribution in [0.3, 0.4) is 0 Å². The molecule has 0 saturated carbocycles. The minimum absolute atomic E-state index is 0.0108. The molecule has 4 heteroatoms. The minimum atomic E-state index is -0.0336. The first-order valence-corrected chi connectivity index (χ1v) is 6.71. The lowest BCUT2D eigenvalue weighted by Gasteiger charge is -2.05. The van der Waals surface area contributed by atoms with Gasteiger partial charge in [0.1, 0.15) is 5.75 Å². The molecule has 0 fully saturated rings. The summed E-state index contributed by atoms with van der Waals surface area (Å²) < 4.78 is 5.41. The Morgan fingerprint density at radius 1 is 1.11 bits per heavy atom. The van der Waals surface area contributed by atoms with Gasteiger partial charge >= 0.3 is 0 Å². The fourth-order valence-corrected chi connectivity index (χ4v) is 2.38. The van der Waals surface area contributed by atoms with Gasteiger partial charge in [-0.2, -0.15) is 0 Å². The zero-order chi connectivity index (χ0) is 13.8. The van der Waals surface area contributed by atoms with Gasteiger partial charge in [0.15, 0.2) is 12.4 Å². The molecule has 0 atom stereocenters. The number of Topliss-reactive ketones (excluding diaryl/α,β-unsaturated/α-hetero) is 2. The summed E-state index contributed by atoms with van der Waals surface area (Å²) >= 11 is 1.46. The Hall–Kier alpha value is -1.94. The van der Waals surface area contributed by atoms with Crippen LogP contribution in [0, 0.1) is 6.92 Å². The highest BCUT2D eigenvalue weighted by atomic mass is 32.1. The standard InChI is InChI=1S/C15H14O3S/c1-10-3-8-15(19-10)14(17)9-18-13-6-4-12(5-7-13)11(2)16/h3-8H,9H2,1-2H3. The number of aryl methyl sites for hydroxylation is 1. The highest BCUT2D eigenvalue weighted by Crippen LogP contribution is 2.17. The summed E-state index contributed by atoms with van der Waals surface area (Å²) in [6, 6.07) is 10.5. The highest BCUT2D eigenvalue weighted by molar-refractivity contribution is 7.14. The fraction of sp³-hybridized carbons (Fsp3) is 0.200. The van der Waals surface area contributed by atoms with Crippen LogP contribution in [0.5, 0.6) is 5.75 Å². The minimum Gasteiger partial charge on any atom is -0.485 e. The molecule has 1 aromatic carbocycles. The van der Waals surface area contributed by atoms with Crippen molar-refractivity contribution in [2.45, 2.75) is 13.8 Å². The van der Waals surface area contributed by atoms with Gasteiger partial charge in [-0.1, -0.05) is 0 Å². The van der Waals surface area contributed by atoms with E-state index in [1.165, 1.54) is 18.3 Å². The molecule has 1 heterocycles. The first kappa shape index (κ1) is 13.5. The third-order valence-electron chi connectivity index (χ3n) is 2.65. The third kappa shape index (κ3) is 3.51. The van der Waals surface area contributed by atoms with E-state index in [1.54, 1.807) is 24.3 Å². The SMILES string of the molecule is CC(=O)c1ccc(OCC(=O)c2ccc(C)s2)cc1. The van der Waals surface area contributed by atoms with E-state index >= 15 is 0 Å². The molecule has 0 aliphatic rings. The molecule has 0 saturated heterocycles. The average molecular weight is 274 g/mol. The summed E-state index contributed by atoms with van der Waals surface area (Å²) in [5.41, 5.74) is 0.632. The Balaban J connectivity index is 1.95. The van der Waals surface area contributed by atoms with Crippen LogP contribution in [-0.2, 0) is 0 Å². The van der Waals surface area contributed by atoms with Crippen molar-refractivity contribution in [1.29, 1.82) is 0 Å². The normalized spacial score (nSPS) is 10.2. The van der Waals surface area contributed by atoms with Gasteiger partial charge in [0.2, 0.25) is 5.78 Å². The monoisotopic (exact) mass is 274 g/mol. The quantitative estimate of drug-likeness (QED) is 0.783. The van der Waals surface area contributed by atoms with Crippen molar-refractivity contribution in [3.8, 4) is 5.75 Å². The molecule has 2 aromatic rings. The molecule has 1 aromatic heterocycles. The van der Waals surface area contributed by atoms with Gasteiger partial charge in [-0.25, -0.2) is 0 Å². The number of carbonyl (C=O) groups is 2. The predicted molar refractivity (Wildman–Crippen MR) is 75.3 cm³/mol. The maximum absolute atomic E-state index is 11.8. The second-order valence-corrected chi connectivity index (χ2v) is 5.49. The summed E-state index contributed by atoms with van der Waals surface area (Å²) in [6.07, 6.45) is 0. The van der Waals surface area contributed by atoms with Crippen molar-refractivity contribution >= 4 is 22.9 Å². The zero-order valence-electron chi connectivity index (χ0n) is 10.8. The van der Waals surface area contributed by atoms with E-state index < -0.39 is 0 Å². The molecule has 19 heavy (non-hydrogen) atoms. The number of hydrogen-bond donors (Lipinski definition) is 0. The lowest BCUT2D eigenvalue weighted by Crippen LogP contribution is -2.10. The van der Waals surface area contributed by atoms with Crippen LogP contribution in [0.1, 0.15) is 31.8 Å². The Labute approximate surface area is 115 Å². The Morgan fingerprint density at radius 2 is 1.79 bits per heavy atom. The lowest BCUT2D eigenvalue weighted by atomic mass is 10.1. The van der Waals surface area contributed by atoms with E-state index in [0.29, 0.717) is 16.2 Å². The topological polar surface area (TPSA) is 43.4 Å². The molecule has 0 radical (unpaired) electrons. The van der Waals surface area contributed by atoms with Gasteiger partial charge in [0.05, 0.1) is 4.88 Å². The predicted octanol–water partition coefficient (Wildman–Crippen LogP) is 3.52. The highest BCUT2D eigenvalue weighted by Gasteiger charge is 2.09. The number of ether oxygens (including phenoxy) is 1. The lowest BCUT2D eigenvalue weighted by molar-refractivity contribution is 0.0924. The van der Waals surface area contributed by atoms with E-state index in [9.17, 15) is 9.59 Å². The van der Waals surface area contributed by atoms with Crippen LogP contribution in [-0.4, -0.2) is 18.2 Å². The molecule has 0 aliphatic heterocycles. The first-order valence-electron chi connectivity index (χ1n) is 5.89. The fourth-order valence-electron chi connectivity index (χ4n) is 1.59. The number of thiophene rings is 1. The number of hydrogen-bond acceptors (Lipinski definition) is 4. The largest absolute Gasteiger partial charge is 0.485 e. The van der Waals surface area contributed by atoms with Crippen LogP contribution in [0.4, 0.5) is 0 Å². The number of benzene rings is 1. The van der Waals surface area contributed by atoms with Crippen LogP contribution >= 0.6 is 11.3 Å². The second kappa shape index (κ2) is 5.80. The zero-order valence-corrected chi connectivity index (χ0v) is 11.6. The summed E-state index contributed by atoms with van der Waals surface area (Å²) in [4.78, 5) is 24.8. The number of ketones is 2. The summed E-state index contributed by atoms with van der Waals surface area (Å²) in [7, 11) is 0. The smallest absolute Gasteiger partial charge is 0.210 e. The van der Waals surface area contributed by atoms with Crippen molar-refractivity contribution in [1.82, 2.24) is 0 Å². The Morgan fingerprint density at radius 3 is 2.32 bits per heavy atom. The first-order chi connectivity index (χ1) is 9.06. The Bertz CT molecular complexity index is 596. The number of carbonyl (C=O) groups excluding carboxylic acids is 2. The van der Waals surface area contributed by atoms with E-state index in [0.717, 1.165) is 4.88 Å². The third-order valence-corrected chi connectivity index (χ3v) is 3.69. The van der Waals surface area contributed by atoms with E-state index in [2.05, 4.69) is 0 Å². The van der Waals surface area contributed by atoms with Crippen molar-refractivity contribution in [2.24, 2.45) is 0 Å². The summed E-state index contributed by atoms with van der Waals surface area (Å²) in [5, 5.41) is 0. The van der Waals surface area contributed by atoms with Crippen molar-refractivity contribution in [2.75, 3.05) is 6.61 Å². The molecule has 98 valence electrons. The molecule has 0 N–H and O–H groups in total. The molecule has 0 spiro atoms. The second-order valence-electron chi connectivity index (χ2n) is 4.20. The molecule has 0 aliphatic carbocycles. The molecule has 0 amide bonds. The Kier molecular flexibility index (Phi) is 4.12. The molecular weight excluding hydrogens is 260 g/mol. The number of rotatable bonds is 5. The van der Waals surface area contributed by atoms with E-state index in [1.807, 2.05) is 19.1 Å². The van der Waals surface area contributed by atoms with E-state index in [-0.39, 0.29) is 18.2 Å². The van der Waals surface area contributed by atoms with Crippen LogP contribution < -0.4 is 4.74 Å².